The summed E-state index contributed by atoms with van der Waals surface area (Å²) in [5.74, 6) is 3.30. The standard InChI is InChI=1S/C19H17FN4O5S/c1-3-4-15(25)14-10-29-18-16(30(27,28)23-14)9-24(2)17(18)19(26)22-12-5-6-13(20)11(7-12)8-21/h5-7,9,14-15,23,25H,10H2,1-2H3,(H,22,26)/t14-,15+/m0/s1. The lowest BCUT2D eigenvalue weighted by Gasteiger charge is -2.17. The van der Waals surface area contributed by atoms with Gasteiger partial charge in [0.1, 0.15) is 29.5 Å². The average Bonchev–Trinajstić information content (AvgIpc) is 2.97. The van der Waals surface area contributed by atoms with Crippen LogP contribution in [0.1, 0.15) is 23.0 Å². The summed E-state index contributed by atoms with van der Waals surface area (Å²) in [6.45, 7) is 1.24. The van der Waals surface area contributed by atoms with Crippen LogP contribution in [0.25, 0.3) is 0 Å². The minimum atomic E-state index is -4.11. The highest BCUT2D eigenvalue weighted by molar-refractivity contribution is 7.89. The van der Waals surface area contributed by atoms with E-state index in [9.17, 15) is 22.7 Å². The first-order valence-corrected chi connectivity index (χ1v) is 10.1. The molecule has 2 aromatic rings. The monoisotopic (exact) mass is 432 g/mol. The van der Waals surface area contributed by atoms with Crippen molar-refractivity contribution in [3.8, 4) is 23.7 Å². The molecule has 0 unspecified atom stereocenters. The van der Waals surface area contributed by atoms with Gasteiger partial charge in [-0.2, -0.15) is 5.26 Å². The van der Waals surface area contributed by atoms with E-state index < -0.39 is 33.9 Å². The lowest BCUT2D eigenvalue weighted by Crippen LogP contribution is -2.45. The van der Waals surface area contributed by atoms with Crippen molar-refractivity contribution in [3.63, 3.8) is 0 Å². The number of aryl methyl sites for hydroxylation is 1. The maximum atomic E-state index is 13.5. The molecular weight excluding hydrogens is 415 g/mol. The minimum absolute atomic E-state index is 0.102. The largest absolute Gasteiger partial charge is 0.488 e. The van der Waals surface area contributed by atoms with Gasteiger partial charge >= 0.3 is 0 Å². The summed E-state index contributed by atoms with van der Waals surface area (Å²) in [4.78, 5) is 12.5. The third-order valence-electron chi connectivity index (χ3n) is 4.34. The maximum absolute atomic E-state index is 13.5. The summed E-state index contributed by atoms with van der Waals surface area (Å²) in [6, 6.07) is 4.09. The number of aromatic nitrogens is 1. The molecule has 1 amide bonds. The molecular formula is C19H17FN4O5S. The molecule has 1 aromatic carbocycles. The van der Waals surface area contributed by atoms with Crippen molar-refractivity contribution in [2.45, 2.75) is 24.0 Å². The van der Waals surface area contributed by atoms with E-state index in [1.54, 1.807) is 6.07 Å². The molecule has 0 aliphatic carbocycles. The molecule has 11 heteroatoms. The van der Waals surface area contributed by atoms with Crippen LogP contribution in [0.15, 0.2) is 29.3 Å². The molecule has 0 radical (unpaired) electrons. The fraction of sp³-hybridized carbons (Fsp3) is 0.263. The molecule has 0 bridgehead atoms. The molecule has 2 heterocycles. The fourth-order valence-electron chi connectivity index (χ4n) is 2.92. The molecule has 0 saturated carbocycles. The van der Waals surface area contributed by atoms with Crippen molar-refractivity contribution in [2.24, 2.45) is 7.05 Å². The van der Waals surface area contributed by atoms with Gasteiger partial charge in [0, 0.05) is 18.9 Å². The molecule has 0 fully saturated rings. The van der Waals surface area contributed by atoms with Gasteiger partial charge in [0.25, 0.3) is 5.91 Å². The van der Waals surface area contributed by atoms with Crippen LogP contribution < -0.4 is 14.8 Å². The van der Waals surface area contributed by atoms with Gasteiger partial charge in [-0.15, -0.1) is 5.92 Å². The van der Waals surface area contributed by atoms with Crippen LogP contribution >= 0.6 is 0 Å². The number of ether oxygens (including phenoxy) is 1. The number of anilines is 1. The van der Waals surface area contributed by atoms with Gasteiger partial charge in [-0.05, 0) is 25.1 Å². The Labute approximate surface area is 172 Å². The summed E-state index contributed by atoms with van der Waals surface area (Å²) in [5.41, 5.74) is -0.209. The Hall–Kier alpha value is -3.38. The number of hydrogen-bond donors (Lipinski definition) is 3. The highest BCUT2D eigenvalue weighted by Crippen LogP contribution is 2.33. The molecule has 156 valence electrons. The third kappa shape index (κ3) is 4.00. The van der Waals surface area contributed by atoms with E-state index in [-0.39, 0.29) is 34.2 Å². The Balaban J connectivity index is 1.96. The number of amides is 1. The van der Waals surface area contributed by atoms with Crippen molar-refractivity contribution in [2.75, 3.05) is 11.9 Å². The molecule has 3 N–H and O–H groups in total. The van der Waals surface area contributed by atoms with Crippen LogP contribution in [-0.2, 0) is 17.1 Å². The highest BCUT2D eigenvalue weighted by atomic mass is 32.2. The van der Waals surface area contributed by atoms with Crippen LogP contribution in [0, 0.1) is 29.0 Å². The number of aliphatic hydroxyl groups excluding tert-OH is 1. The number of nitrogens with one attached hydrogen (secondary N) is 2. The normalized spacial score (nSPS) is 17.9. The van der Waals surface area contributed by atoms with E-state index in [0.29, 0.717) is 0 Å². The summed E-state index contributed by atoms with van der Waals surface area (Å²) in [7, 11) is -2.65. The molecule has 30 heavy (non-hydrogen) atoms. The van der Waals surface area contributed by atoms with E-state index >= 15 is 0 Å². The first-order chi connectivity index (χ1) is 14.2. The van der Waals surface area contributed by atoms with Gasteiger partial charge in [-0.25, -0.2) is 17.5 Å². The van der Waals surface area contributed by atoms with Crippen LogP contribution in [-0.4, -0.2) is 42.8 Å². The van der Waals surface area contributed by atoms with Gasteiger partial charge in [0.15, 0.2) is 11.4 Å². The lowest BCUT2D eigenvalue weighted by molar-refractivity contribution is 0.101. The number of hydrogen-bond acceptors (Lipinski definition) is 6. The number of aliphatic hydroxyl groups is 1. The molecule has 1 aliphatic rings. The van der Waals surface area contributed by atoms with E-state index in [1.165, 1.54) is 30.8 Å². The summed E-state index contributed by atoms with van der Waals surface area (Å²) in [6.07, 6.45) is -0.0958. The SMILES string of the molecule is CC#C[C@@H](O)[C@@H]1COc2c(cn(C)c2C(=O)Nc2ccc(F)c(C#N)c2)S(=O)(=O)N1. The quantitative estimate of drug-likeness (QED) is 0.612. The Morgan fingerprint density at radius 2 is 2.23 bits per heavy atom. The Morgan fingerprint density at radius 3 is 2.90 bits per heavy atom. The van der Waals surface area contributed by atoms with Gasteiger partial charge in [0.2, 0.25) is 10.0 Å². The minimum Gasteiger partial charge on any atom is -0.488 e. The van der Waals surface area contributed by atoms with Gasteiger partial charge in [-0.3, -0.25) is 4.79 Å². The molecule has 9 nitrogen and oxygen atoms in total. The Bertz CT molecular complexity index is 1220. The zero-order valence-corrected chi connectivity index (χ0v) is 16.7. The van der Waals surface area contributed by atoms with E-state index in [1.807, 2.05) is 0 Å². The molecule has 1 aliphatic heterocycles. The molecule has 0 saturated heterocycles. The fourth-order valence-corrected chi connectivity index (χ4v) is 4.34. The second kappa shape index (κ2) is 8.16. The summed E-state index contributed by atoms with van der Waals surface area (Å²) < 4.78 is 48.1. The number of rotatable bonds is 3. The van der Waals surface area contributed by atoms with Crippen molar-refractivity contribution in [3.05, 3.63) is 41.5 Å². The summed E-state index contributed by atoms with van der Waals surface area (Å²) in [5, 5.41) is 21.4. The number of benzene rings is 1. The second-order valence-corrected chi connectivity index (χ2v) is 8.10. The topological polar surface area (TPSA) is 133 Å². The van der Waals surface area contributed by atoms with Crippen LogP contribution in [0.5, 0.6) is 5.75 Å². The van der Waals surface area contributed by atoms with Crippen molar-refractivity contribution < 1.29 is 27.4 Å². The average molecular weight is 432 g/mol. The summed E-state index contributed by atoms with van der Waals surface area (Å²) >= 11 is 0. The van der Waals surface area contributed by atoms with Crippen molar-refractivity contribution >= 4 is 21.6 Å². The zero-order chi connectivity index (χ0) is 22.1. The number of carbonyl (C=O) groups excluding carboxylic acids is 1. The lowest BCUT2D eigenvalue weighted by atomic mass is 10.2. The number of nitrogens with zero attached hydrogens (tertiary/aromatic N) is 2. The van der Waals surface area contributed by atoms with E-state index in [2.05, 4.69) is 21.9 Å². The number of nitriles is 1. The van der Waals surface area contributed by atoms with Gasteiger partial charge in [-0.1, -0.05) is 5.92 Å². The Kier molecular flexibility index (Phi) is 5.80. The zero-order valence-electron chi connectivity index (χ0n) is 15.9. The predicted octanol–water partition coefficient (Wildman–Crippen LogP) is 0.712. The van der Waals surface area contributed by atoms with Gasteiger partial charge in [0.05, 0.1) is 11.6 Å². The smallest absolute Gasteiger partial charge is 0.276 e. The molecule has 0 spiro atoms. The van der Waals surface area contributed by atoms with Gasteiger partial charge < -0.3 is 19.7 Å². The van der Waals surface area contributed by atoms with Crippen LogP contribution in [0.4, 0.5) is 10.1 Å². The third-order valence-corrected chi connectivity index (χ3v) is 5.82. The first kappa shape index (κ1) is 21.3. The van der Waals surface area contributed by atoms with E-state index in [4.69, 9.17) is 10.00 Å². The molecule has 2 atom stereocenters. The second-order valence-electron chi connectivity index (χ2n) is 6.42. The first-order valence-electron chi connectivity index (χ1n) is 8.63. The van der Waals surface area contributed by atoms with Crippen LogP contribution in [0.2, 0.25) is 0 Å². The van der Waals surface area contributed by atoms with E-state index in [0.717, 1.165) is 12.1 Å². The predicted molar refractivity (Wildman–Crippen MR) is 104 cm³/mol. The van der Waals surface area contributed by atoms with Crippen LogP contribution in [0.3, 0.4) is 0 Å². The number of fused-ring (bicyclic) bond motifs is 1. The number of halogens is 1. The molecule has 1 aromatic heterocycles. The number of carbonyl (C=O) groups is 1. The highest BCUT2D eigenvalue weighted by Gasteiger charge is 2.36. The molecule has 3 rings (SSSR count). The maximum Gasteiger partial charge on any atom is 0.276 e. The number of sulfonamides is 1. The van der Waals surface area contributed by atoms with Crippen molar-refractivity contribution in [1.82, 2.24) is 9.29 Å². The Morgan fingerprint density at radius 1 is 1.50 bits per heavy atom. The van der Waals surface area contributed by atoms with Crippen molar-refractivity contribution in [1.29, 1.82) is 5.26 Å².